The van der Waals surface area contributed by atoms with Crippen LogP contribution in [0.4, 0.5) is 0 Å². The van der Waals surface area contributed by atoms with Gasteiger partial charge in [0.15, 0.2) is 8.32 Å². The smallest absolute Gasteiger partial charge is 0.192 e. The van der Waals surface area contributed by atoms with E-state index in [1.54, 1.807) is 6.92 Å². The normalized spacial score (nSPS) is 13.7. The highest BCUT2D eigenvalue weighted by Gasteiger charge is 2.38. The molecule has 0 aliphatic carbocycles. The second kappa shape index (κ2) is 8.60. The van der Waals surface area contributed by atoms with Crippen molar-refractivity contribution in [1.29, 1.82) is 0 Å². The molecule has 6 heteroatoms. The molecule has 0 amide bonds. The van der Waals surface area contributed by atoms with E-state index in [0.29, 0.717) is 6.61 Å². The Morgan fingerprint density at radius 3 is 1.43 bits per heavy atom. The van der Waals surface area contributed by atoms with E-state index < -0.39 is 13.9 Å². The molecule has 0 unspecified atom stereocenters. The zero-order chi connectivity index (χ0) is 17.5. The second-order valence-corrected chi connectivity index (χ2v) is 13.2. The van der Waals surface area contributed by atoms with Gasteiger partial charge in [0.2, 0.25) is 0 Å². The number of aliphatic hydroxyl groups excluding tert-OH is 3. The summed E-state index contributed by atoms with van der Waals surface area (Å²) in [6.45, 7) is 17.3. The molecule has 0 radical (unpaired) electrons. The molecule has 21 heavy (non-hydrogen) atoms. The van der Waals surface area contributed by atoms with Crippen molar-refractivity contribution in [2.24, 2.45) is 11.1 Å². The summed E-state index contributed by atoms with van der Waals surface area (Å²) in [5.41, 5.74) is 4.29. The van der Waals surface area contributed by atoms with Crippen molar-refractivity contribution in [3.8, 4) is 0 Å². The maximum absolute atomic E-state index is 9.13. The fourth-order valence-electron chi connectivity index (χ4n) is 0.688. The van der Waals surface area contributed by atoms with Gasteiger partial charge in [-0.2, -0.15) is 0 Å². The summed E-state index contributed by atoms with van der Waals surface area (Å²) >= 11 is 0. The minimum atomic E-state index is -1.64. The number of hydrogen-bond donors (Lipinski definition) is 4. The molecule has 0 rings (SSSR count). The third-order valence-corrected chi connectivity index (χ3v) is 8.26. The van der Waals surface area contributed by atoms with Crippen molar-refractivity contribution in [2.45, 2.75) is 65.2 Å². The van der Waals surface area contributed by atoms with Gasteiger partial charge in [-0.3, -0.25) is 0 Å². The molecule has 130 valence electrons. The topological polar surface area (TPSA) is 95.9 Å². The van der Waals surface area contributed by atoms with Crippen LogP contribution in [0.5, 0.6) is 0 Å². The van der Waals surface area contributed by atoms with Crippen LogP contribution in [0.2, 0.25) is 18.1 Å². The molecule has 0 heterocycles. The van der Waals surface area contributed by atoms with Crippen LogP contribution in [0.3, 0.4) is 0 Å². The lowest BCUT2D eigenvalue weighted by molar-refractivity contribution is 0.0904. The van der Waals surface area contributed by atoms with Crippen molar-refractivity contribution in [1.82, 2.24) is 0 Å². The van der Waals surface area contributed by atoms with Crippen molar-refractivity contribution in [2.75, 3.05) is 26.4 Å². The Kier molecular flexibility index (Phi) is 9.53. The minimum absolute atomic E-state index is 0.116. The van der Waals surface area contributed by atoms with Crippen LogP contribution in [0.25, 0.3) is 0 Å². The van der Waals surface area contributed by atoms with E-state index in [4.69, 9.17) is 25.5 Å². The third kappa shape index (κ3) is 10.4. The Hall–Kier alpha value is 0.0169. The fraction of sp³-hybridized carbons (Fsp3) is 1.00. The summed E-state index contributed by atoms with van der Waals surface area (Å²) in [6, 6.07) is 0. The molecule has 0 bridgehead atoms. The summed E-state index contributed by atoms with van der Waals surface area (Å²) in [5.74, 6) is 0. The van der Waals surface area contributed by atoms with Crippen molar-refractivity contribution < 1.29 is 19.7 Å². The molecule has 0 aromatic carbocycles. The van der Waals surface area contributed by atoms with E-state index in [9.17, 15) is 0 Å². The number of aliphatic hydroxyl groups is 3. The van der Waals surface area contributed by atoms with Gasteiger partial charge in [0.25, 0.3) is 0 Å². The van der Waals surface area contributed by atoms with Crippen LogP contribution >= 0.6 is 0 Å². The molecule has 0 spiro atoms. The molecular formula is C15H37NO4Si. The summed E-state index contributed by atoms with van der Waals surface area (Å²) in [6.07, 6.45) is 0. The molecule has 0 saturated heterocycles. The first-order valence-electron chi connectivity index (χ1n) is 7.39. The van der Waals surface area contributed by atoms with Gasteiger partial charge in [-0.15, -0.1) is 0 Å². The van der Waals surface area contributed by atoms with E-state index in [-0.39, 0.29) is 30.3 Å². The van der Waals surface area contributed by atoms with Gasteiger partial charge in [-0.25, -0.2) is 0 Å². The van der Waals surface area contributed by atoms with E-state index in [2.05, 4.69) is 33.9 Å². The van der Waals surface area contributed by atoms with Crippen molar-refractivity contribution in [3.63, 3.8) is 0 Å². The summed E-state index contributed by atoms with van der Waals surface area (Å²) in [5, 5.41) is 26.0. The highest BCUT2D eigenvalue weighted by molar-refractivity contribution is 6.74. The Labute approximate surface area is 131 Å². The molecule has 5 N–H and O–H groups in total. The maximum Gasteiger partial charge on any atom is 0.192 e. The molecule has 0 atom stereocenters. The third-order valence-electron chi connectivity index (χ3n) is 3.78. The Morgan fingerprint density at radius 1 is 0.857 bits per heavy atom. The first-order valence-corrected chi connectivity index (χ1v) is 10.3. The quantitative estimate of drug-likeness (QED) is 0.558. The highest BCUT2D eigenvalue weighted by Crippen LogP contribution is 2.37. The number of hydrogen-bond acceptors (Lipinski definition) is 5. The lowest BCUT2D eigenvalue weighted by Gasteiger charge is -2.38. The summed E-state index contributed by atoms with van der Waals surface area (Å²) in [4.78, 5) is 0. The SMILES string of the molecule is CC(C)(CO)CO[Si](C)(C)C(C)(C)C.CC(N)(CO)CO. The lowest BCUT2D eigenvalue weighted by atomic mass is 9.97. The standard InChI is InChI=1S/C11H26O2Si.C4H11NO2/c1-10(2,3)14(6,7)13-9-11(4,5)8-12;1-4(5,2-6)3-7/h12H,8-9H2,1-7H3;6-7H,2-3,5H2,1H3. The summed E-state index contributed by atoms with van der Waals surface area (Å²) < 4.78 is 6.03. The average molecular weight is 324 g/mol. The van der Waals surface area contributed by atoms with E-state index in [1.807, 2.05) is 13.8 Å². The number of nitrogens with two attached hydrogens (primary N) is 1. The van der Waals surface area contributed by atoms with Gasteiger partial charge < -0.3 is 25.5 Å². The van der Waals surface area contributed by atoms with Gasteiger partial charge in [-0.05, 0) is 25.1 Å². The van der Waals surface area contributed by atoms with Gasteiger partial charge in [0, 0.05) is 12.0 Å². The van der Waals surface area contributed by atoms with Gasteiger partial charge in [-0.1, -0.05) is 34.6 Å². The Morgan fingerprint density at radius 2 is 1.24 bits per heavy atom. The molecule has 0 aromatic heterocycles. The van der Waals surface area contributed by atoms with Crippen LogP contribution in [0, 0.1) is 5.41 Å². The van der Waals surface area contributed by atoms with Crippen LogP contribution < -0.4 is 5.73 Å². The molecule has 0 fully saturated rings. The average Bonchev–Trinajstić information content (AvgIpc) is 2.36. The van der Waals surface area contributed by atoms with Crippen LogP contribution in [0.15, 0.2) is 0 Å². The van der Waals surface area contributed by atoms with Crippen molar-refractivity contribution in [3.05, 3.63) is 0 Å². The van der Waals surface area contributed by atoms with Crippen molar-refractivity contribution >= 4 is 8.32 Å². The Balaban J connectivity index is 0. The highest BCUT2D eigenvalue weighted by atomic mass is 28.4. The zero-order valence-electron chi connectivity index (χ0n) is 15.2. The second-order valence-electron chi connectivity index (χ2n) is 8.34. The van der Waals surface area contributed by atoms with Crippen LogP contribution in [-0.2, 0) is 4.43 Å². The largest absolute Gasteiger partial charge is 0.416 e. The van der Waals surface area contributed by atoms with Crippen LogP contribution in [-0.4, -0.2) is 55.6 Å². The Bertz CT molecular complexity index is 280. The van der Waals surface area contributed by atoms with E-state index >= 15 is 0 Å². The predicted molar refractivity (Wildman–Crippen MR) is 90.8 cm³/mol. The van der Waals surface area contributed by atoms with Gasteiger partial charge >= 0.3 is 0 Å². The molecule has 0 aromatic rings. The summed E-state index contributed by atoms with van der Waals surface area (Å²) in [7, 11) is -1.64. The van der Waals surface area contributed by atoms with Crippen LogP contribution in [0.1, 0.15) is 41.5 Å². The van der Waals surface area contributed by atoms with E-state index in [0.717, 1.165) is 0 Å². The van der Waals surface area contributed by atoms with Gasteiger partial charge in [0.1, 0.15) is 0 Å². The fourth-order valence-corrected chi connectivity index (χ4v) is 1.87. The first kappa shape index (κ1) is 23.3. The first-order chi connectivity index (χ1) is 9.14. The molecule has 0 aliphatic rings. The predicted octanol–water partition coefficient (Wildman–Crippen LogP) is 1.72. The lowest BCUT2D eigenvalue weighted by Crippen LogP contribution is -2.43. The monoisotopic (exact) mass is 323 g/mol. The van der Waals surface area contributed by atoms with E-state index in [1.165, 1.54) is 0 Å². The molecule has 0 saturated carbocycles. The molecule has 0 aliphatic heterocycles. The number of rotatable bonds is 6. The zero-order valence-corrected chi connectivity index (χ0v) is 16.2. The van der Waals surface area contributed by atoms with Gasteiger partial charge in [0.05, 0.1) is 25.4 Å². The maximum atomic E-state index is 9.13. The molecule has 5 nitrogen and oxygen atoms in total. The minimum Gasteiger partial charge on any atom is -0.416 e. The molecular weight excluding hydrogens is 286 g/mol.